The Morgan fingerprint density at radius 2 is 2.08 bits per heavy atom. The number of halogens is 2. The summed E-state index contributed by atoms with van der Waals surface area (Å²) in [6, 6.07) is 0. The summed E-state index contributed by atoms with van der Waals surface area (Å²) in [5.41, 5.74) is 0. The first-order valence-corrected chi connectivity index (χ1v) is 7.26. The lowest BCUT2D eigenvalue weighted by Crippen LogP contribution is -2.11. The van der Waals surface area contributed by atoms with E-state index in [0.717, 1.165) is 0 Å². The molecular weight excluding hydrogens is 327 g/mol. The second kappa shape index (κ2) is 6.53. The standard InChI is InChI=1S/C6H13Br2O4P/c1-5(2)12-13(9,10)11-4-6(8)3-7/h5-6H,3-4H2,1-2H3,(H,9,10). The van der Waals surface area contributed by atoms with Crippen molar-refractivity contribution in [3.8, 4) is 0 Å². The highest BCUT2D eigenvalue weighted by atomic mass is 79.9. The van der Waals surface area contributed by atoms with E-state index in [-0.39, 0.29) is 17.5 Å². The van der Waals surface area contributed by atoms with Crippen LogP contribution in [-0.2, 0) is 13.6 Å². The van der Waals surface area contributed by atoms with Gasteiger partial charge in [-0.25, -0.2) is 4.57 Å². The lowest BCUT2D eigenvalue weighted by atomic mass is 10.5. The lowest BCUT2D eigenvalue weighted by Gasteiger charge is -2.15. The monoisotopic (exact) mass is 338 g/mol. The molecule has 0 fully saturated rings. The minimum absolute atomic E-state index is 0.00346. The molecule has 80 valence electrons. The van der Waals surface area contributed by atoms with Gasteiger partial charge in [0.05, 0.1) is 12.7 Å². The van der Waals surface area contributed by atoms with E-state index in [1.807, 2.05) is 0 Å². The van der Waals surface area contributed by atoms with Crippen LogP contribution in [0.2, 0.25) is 0 Å². The van der Waals surface area contributed by atoms with Crippen molar-refractivity contribution in [1.82, 2.24) is 0 Å². The highest BCUT2D eigenvalue weighted by molar-refractivity contribution is 9.12. The summed E-state index contributed by atoms with van der Waals surface area (Å²) in [5, 5.41) is 0.647. The van der Waals surface area contributed by atoms with Crippen LogP contribution in [0.1, 0.15) is 13.8 Å². The van der Waals surface area contributed by atoms with Gasteiger partial charge in [-0.2, -0.15) is 0 Å². The first-order valence-electron chi connectivity index (χ1n) is 3.73. The van der Waals surface area contributed by atoms with E-state index < -0.39 is 7.82 Å². The highest BCUT2D eigenvalue weighted by Gasteiger charge is 2.23. The van der Waals surface area contributed by atoms with Crippen LogP contribution in [0.25, 0.3) is 0 Å². The fraction of sp³-hybridized carbons (Fsp3) is 1.00. The Morgan fingerprint density at radius 1 is 1.54 bits per heavy atom. The molecule has 0 saturated carbocycles. The SMILES string of the molecule is CC(C)OP(=O)(O)OCC(Br)CBr. The smallest absolute Gasteiger partial charge is 0.302 e. The molecule has 0 aliphatic heterocycles. The van der Waals surface area contributed by atoms with Crippen molar-refractivity contribution >= 4 is 39.7 Å². The van der Waals surface area contributed by atoms with Gasteiger partial charge in [0, 0.05) is 10.2 Å². The minimum Gasteiger partial charge on any atom is -0.302 e. The molecule has 2 unspecified atom stereocenters. The van der Waals surface area contributed by atoms with Crippen molar-refractivity contribution in [2.75, 3.05) is 11.9 Å². The van der Waals surface area contributed by atoms with Crippen molar-refractivity contribution in [2.45, 2.75) is 24.8 Å². The van der Waals surface area contributed by atoms with Crippen molar-refractivity contribution in [2.24, 2.45) is 0 Å². The third-order valence-corrected chi connectivity index (χ3v) is 4.33. The molecule has 7 heteroatoms. The summed E-state index contributed by atoms with van der Waals surface area (Å²) in [6.45, 7) is 3.47. The maximum absolute atomic E-state index is 11.1. The summed E-state index contributed by atoms with van der Waals surface area (Å²) in [7, 11) is -3.87. The number of hydrogen-bond acceptors (Lipinski definition) is 3. The molecule has 1 N–H and O–H groups in total. The predicted octanol–water partition coefficient (Wildman–Crippen LogP) is 2.69. The molecule has 0 spiro atoms. The molecule has 0 radical (unpaired) electrons. The number of phosphoric ester groups is 1. The molecule has 0 bridgehead atoms. The Hall–Kier alpha value is 1.07. The van der Waals surface area contributed by atoms with Crippen LogP contribution in [0.15, 0.2) is 0 Å². The average molecular weight is 340 g/mol. The Bertz CT molecular complexity index is 187. The molecule has 0 heterocycles. The van der Waals surface area contributed by atoms with Crippen LogP contribution in [0.5, 0.6) is 0 Å². The van der Waals surface area contributed by atoms with Crippen molar-refractivity contribution < 1.29 is 18.5 Å². The van der Waals surface area contributed by atoms with Gasteiger partial charge in [0.25, 0.3) is 0 Å². The van der Waals surface area contributed by atoms with E-state index in [1.165, 1.54) is 0 Å². The van der Waals surface area contributed by atoms with Gasteiger partial charge >= 0.3 is 7.82 Å². The van der Waals surface area contributed by atoms with Crippen LogP contribution in [-0.4, -0.2) is 27.8 Å². The molecule has 4 nitrogen and oxygen atoms in total. The van der Waals surface area contributed by atoms with Crippen LogP contribution in [0.4, 0.5) is 0 Å². The predicted molar refractivity (Wildman–Crippen MR) is 58.5 cm³/mol. The zero-order chi connectivity index (χ0) is 10.5. The number of phosphoric acid groups is 1. The molecule has 13 heavy (non-hydrogen) atoms. The molecule has 0 aromatic carbocycles. The Labute approximate surface area is 94.9 Å². The lowest BCUT2D eigenvalue weighted by molar-refractivity contribution is 0.122. The van der Waals surface area contributed by atoms with Crippen LogP contribution in [0.3, 0.4) is 0 Å². The van der Waals surface area contributed by atoms with Gasteiger partial charge in [-0.15, -0.1) is 0 Å². The largest absolute Gasteiger partial charge is 0.472 e. The molecule has 0 aromatic heterocycles. The third-order valence-electron chi connectivity index (χ3n) is 0.930. The maximum atomic E-state index is 11.1. The molecule has 0 rings (SSSR count). The van der Waals surface area contributed by atoms with Gasteiger partial charge in [0.1, 0.15) is 0 Å². The molecule has 0 amide bonds. The Morgan fingerprint density at radius 3 is 2.46 bits per heavy atom. The maximum Gasteiger partial charge on any atom is 0.472 e. The number of rotatable bonds is 6. The van der Waals surface area contributed by atoms with E-state index in [9.17, 15) is 4.57 Å². The summed E-state index contributed by atoms with van der Waals surface area (Å²) < 4.78 is 20.5. The van der Waals surface area contributed by atoms with E-state index in [0.29, 0.717) is 5.33 Å². The second-order valence-electron chi connectivity index (χ2n) is 2.67. The van der Waals surface area contributed by atoms with E-state index in [4.69, 9.17) is 9.42 Å². The normalized spacial score (nSPS) is 18.6. The molecule has 2 atom stereocenters. The fourth-order valence-corrected chi connectivity index (χ4v) is 2.00. The van der Waals surface area contributed by atoms with Gasteiger partial charge in [0.15, 0.2) is 0 Å². The topological polar surface area (TPSA) is 55.8 Å². The molecular formula is C6H13Br2O4P. The van der Waals surface area contributed by atoms with Crippen LogP contribution in [0, 0.1) is 0 Å². The van der Waals surface area contributed by atoms with Gasteiger partial charge in [0.2, 0.25) is 0 Å². The fourth-order valence-electron chi connectivity index (χ4n) is 0.516. The summed E-state index contributed by atoms with van der Waals surface area (Å²) in [6.07, 6.45) is -0.325. The molecule has 0 saturated heterocycles. The molecule has 0 aliphatic carbocycles. The van der Waals surface area contributed by atoms with Gasteiger partial charge < -0.3 is 4.89 Å². The van der Waals surface area contributed by atoms with Gasteiger partial charge in [-0.3, -0.25) is 9.05 Å². The summed E-state index contributed by atoms with van der Waals surface area (Å²) in [4.78, 5) is 9.11. The molecule has 0 aliphatic rings. The Kier molecular flexibility index (Phi) is 7.07. The summed E-state index contributed by atoms with van der Waals surface area (Å²) >= 11 is 6.43. The first kappa shape index (κ1) is 14.1. The van der Waals surface area contributed by atoms with Crippen molar-refractivity contribution in [1.29, 1.82) is 0 Å². The van der Waals surface area contributed by atoms with Crippen molar-refractivity contribution in [3.05, 3.63) is 0 Å². The van der Waals surface area contributed by atoms with Crippen molar-refractivity contribution in [3.63, 3.8) is 0 Å². The quantitative estimate of drug-likeness (QED) is 0.597. The van der Waals surface area contributed by atoms with Gasteiger partial charge in [-0.1, -0.05) is 31.9 Å². The third kappa shape index (κ3) is 8.09. The highest BCUT2D eigenvalue weighted by Crippen LogP contribution is 2.44. The minimum atomic E-state index is -3.87. The second-order valence-corrected chi connectivity index (χ2v) is 6.02. The zero-order valence-electron chi connectivity index (χ0n) is 7.44. The van der Waals surface area contributed by atoms with E-state index in [1.54, 1.807) is 13.8 Å². The average Bonchev–Trinajstić information content (AvgIpc) is 1.98. The van der Waals surface area contributed by atoms with E-state index >= 15 is 0 Å². The Balaban J connectivity index is 3.82. The number of alkyl halides is 2. The zero-order valence-corrected chi connectivity index (χ0v) is 11.5. The molecule has 0 aromatic rings. The van der Waals surface area contributed by atoms with E-state index in [2.05, 4.69) is 36.4 Å². The number of hydrogen-bond donors (Lipinski definition) is 1. The first-order chi connectivity index (χ1) is 5.87. The summed E-state index contributed by atoms with van der Waals surface area (Å²) in [5.74, 6) is 0. The van der Waals surface area contributed by atoms with Crippen LogP contribution < -0.4 is 0 Å². The van der Waals surface area contributed by atoms with Crippen LogP contribution >= 0.6 is 39.7 Å². The van der Waals surface area contributed by atoms with Gasteiger partial charge in [-0.05, 0) is 13.8 Å².